The SMILES string of the molecule is Cc1oc(C(=O)O)cc1S(=O)(=O)NC1(C)CCCCC1. The Labute approximate surface area is 118 Å². The largest absolute Gasteiger partial charge is 0.475 e. The Morgan fingerprint density at radius 3 is 2.45 bits per heavy atom. The molecular weight excluding hydrogens is 282 g/mol. The molecule has 1 aliphatic rings. The molecule has 1 aromatic rings. The minimum atomic E-state index is -3.77. The van der Waals surface area contributed by atoms with Gasteiger partial charge >= 0.3 is 5.97 Å². The van der Waals surface area contributed by atoms with Crippen LogP contribution >= 0.6 is 0 Å². The highest BCUT2D eigenvalue weighted by Crippen LogP contribution is 2.30. The second-order valence-electron chi connectivity index (χ2n) is 5.56. The molecule has 1 fully saturated rings. The van der Waals surface area contributed by atoms with E-state index in [1.165, 1.54) is 6.92 Å². The van der Waals surface area contributed by atoms with Crippen LogP contribution in [0.5, 0.6) is 0 Å². The number of rotatable bonds is 4. The van der Waals surface area contributed by atoms with E-state index in [0.29, 0.717) is 0 Å². The molecule has 112 valence electrons. The molecule has 0 amide bonds. The van der Waals surface area contributed by atoms with Crippen molar-refractivity contribution in [2.45, 2.75) is 56.4 Å². The van der Waals surface area contributed by atoms with Crippen molar-refractivity contribution in [3.05, 3.63) is 17.6 Å². The van der Waals surface area contributed by atoms with Crippen molar-refractivity contribution in [2.75, 3.05) is 0 Å². The lowest BCUT2D eigenvalue weighted by Crippen LogP contribution is -2.47. The molecule has 7 heteroatoms. The second-order valence-corrected chi connectivity index (χ2v) is 7.21. The molecule has 2 N–H and O–H groups in total. The molecular formula is C13H19NO5S. The highest BCUT2D eigenvalue weighted by atomic mass is 32.2. The van der Waals surface area contributed by atoms with E-state index in [4.69, 9.17) is 9.52 Å². The average molecular weight is 301 g/mol. The van der Waals surface area contributed by atoms with Crippen LogP contribution in [-0.2, 0) is 10.0 Å². The molecule has 2 rings (SSSR count). The van der Waals surface area contributed by atoms with E-state index < -0.39 is 21.5 Å². The van der Waals surface area contributed by atoms with Crippen molar-refractivity contribution < 1.29 is 22.7 Å². The lowest BCUT2D eigenvalue weighted by Gasteiger charge is -2.33. The number of carbonyl (C=O) groups is 1. The zero-order chi connectivity index (χ0) is 15.0. The molecule has 1 aliphatic carbocycles. The smallest absolute Gasteiger partial charge is 0.371 e. The molecule has 1 aromatic heterocycles. The number of hydrogen-bond donors (Lipinski definition) is 2. The number of carboxylic acid groups (broad SMARTS) is 1. The molecule has 0 unspecified atom stereocenters. The summed E-state index contributed by atoms with van der Waals surface area (Å²) in [5.41, 5.74) is -0.468. The van der Waals surface area contributed by atoms with E-state index in [1.54, 1.807) is 0 Å². The summed E-state index contributed by atoms with van der Waals surface area (Å²) < 4.78 is 32.5. The van der Waals surface area contributed by atoms with Crippen LogP contribution < -0.4 is 4.72 Å². The fourth-order valence-corrected chi connectivity index (χ4v) is 4.30. The summed E-state index contributed by atoms with van der Waals surface area (Å²) >= 11 is 0. The number of carboxylic acids is 1. The van der Waals surface area contributed by atoms with Crippen LogP contribution in [0.3, 0.4) is 0 Å². The van der Waals surface area contributed by atoms with Crippen LogP contribution in [0.4, 0.5) is 0 Å². The lowest BCUT2D eigenvalue weighted by atomic mass is 9.84. The van der Waals surface area contributed by atoms with Crippen LogP contribution in [0, 0.1) is 6.92 Å². The van der Waals surface area contributed by atoms with E-state index in [1.807, 2.05) is 6.92 Å². The molecule has 0 radical (unpaired) electrons. The summed E-state index contributed by atoms with van der Waals surface area (Å²) in [6, 6.07) is 1.06. The molecule has 20 heavy (non-hydrogen) atoms. The average Bonchev–Trinajstić information content (AvgIpc) is 2.72. The maximum absolute atomic E-state index is 12.4. The number of aromatic carboxylic acids is 1. The fourth-order valence-electron chi connectivity index (χ4n) is 2.65. The van der Waals surface area contributed by atoms with Gasteiger partial charge in [0.05, 0.1) is 0 Å². The molecule has 0 saturated heterocycles. The summed E-state index contributed by atoms with van der Waals surface area (Å²) in [6.45, 7) is 3.33. The topological polar surface area (TPSA) is 96.6 Å². The number of furan rings is 1. The van der Waals surface area contributed by atoms with E-state index in [2.05, 4.69) is 4.72 Å². The summed E-state index contributed by atoms with van der Waals surface area (Å²) in [6.07, 6.45) is 4.67. The van der Waals surface area contributed by atoms with Gasteiger partial charge in [-0.05, 0) is 26.7 Å². The van der Waals surface area contributed by atoms with Gasteiger partial charge in [0, 0.05) is 11.6 Å². The molecule has 0 aliphatic heterocycles. The lowest BCUT2D eigenvalue weighted by molar-refractivity contribution is 0.0661. The standard InChI is InChI=1S/C13H19NO5S/c1-9-11(8-10(19-9)12(15)16)20(17,18)14-13(2)6-4-3-5-7-13/h8,14H,3-7H2,1-2H3,(H,15,16). The number of hydrogen-bond acceptors (Lipinski definition) is 4. The van der Waals surface area contributed by atoms with E-state index in [-0.39, 0.29) is 16.4 Å². The number of nitrogens with one attached hydrogen (secondary N) is 1. The first-order chi connectivity index (χ1) is 9.23. The Balaban J connectivity index is 2.28. The number of sulfonamides is 1. The monoisotopic (exact) mass is 301 g/mol. The Morgan fingerprint density at radius 1 is 1.35 bits per heavy atom. The normalized spacial score (nSPS) is 18.9. The Hall–Kier alpha value is -1.34. The van der Waals surface area contributed by atoms with Crippen molar-refractivity contribution in [3.63, 3.8) is 0 Å². The molecule has 6 nitrogen and oxygen atoms in total. The summed E-state index contributed by atoms with van der Waals surface area (Å²) in [7, 11) is -3.77. The predicted octanol–water partition coefficient (Wildman–Crippen LogP) is 2.29. The molecule has 0 aromatic carbocycles. The maximum Gasteiger partial charge on any atom is 0.371 e. The third kappa shape index (κ3) is 3.04. The van der Waals surface area contributed by atoms with Crippen LogP contribution in [-0.4, -0.2) is 25.0 Å². The van der Waals surface area contributed by atoms with Crippen molar-refractivity contribution in [1.29, 1.82) is 0 Å². The van der Waals surface area contributed by atoms with Crippen LogP contribution in [0.1, 0.15) is 55.3 Å². The van der Waals surface area contributed by atoms with Gasteiger partial charge in [-0.3, -0.25) is 0 Å². The van der Waals surface area contributed by atoms with Crippen molar-refractivity contribution in [1.82, 2.24) is 4.72 Å². The molecule has 0 bridgehead atoms. The van der Waals surface area contributed by atoms with Crippen molar-refractivity contribution >= 4 is 16.0 Å². The third-order valence-corrected chi connectivity index (χ3v) is 5.46. The molecule has 1 saturated carbocycles. The first-order valence-electron chi connectivity index (χ1n) is 6.61. The van der Waals surface area contributed by atoms with Gasteiger partial charge in [-0.2, -0.15) is 0 Å². The first-order valence-corrected chi connectivity index (χ1v) is 8.10. The van der Waals surface area contributed by atoms with E-state index >= 15 is 0 Å². The van der Waals surface area contributed by atoms with Gasteiger partial charge in [-0.25, -0.2) is 17.9 Å². The van der Waals surface area contributed by atoms with Crippen molar-refractivity contribution in [2.24, 2.45) is 0 Å². The fraction of sp³-hybridized carbons (Fsp3) is 0.615. The Kier molecular flexibility index (Phi) is 3.93. The highest BCUT2D eigenvalue weighted by Gasteiger charge is 2.34. The molecule has 1 heterocycles. The van der Waals surface area contributed by atoms with Gasteiger partial charge in [0.1, 0.15) is 10.7 Å². The minimum Gasteiger partial charge on any atom is -0.475 e. The summed E-state index contributed by atoms with van der Waals surface area (Å²) in [5, 5.41) is 8.85. The maximum atomic E-state index is 12.4. The van der Waals surface area contributed by atoms with Gasteiger partial charge in [0.25, 0.3) is 0 Å². The van der Waals surface area contributed by atoms with Crippen LogP contribution in [0.2, 0.25) is 0 Å². The van der Waals surface area contributed by atoms with Gasteiger partial charge < -0.3 is 9.52 Å². The van der Waals surface area contributed by atoms with Gasteiger partial charge in [-0.1, -0.05) is 19.3 Å². The second kappa shape index (κ2) is 5.21. The summed E-state index contributed by atoms with van der Waals surface area (Å²) in [4.78, 5) is 10.7. The molecule has 0 spiro atoms. The van der Waals surface area contributed by atoms with E-state index in [0.717, 1.165) is 38.2 Å². The first kappa shape index (κ1) is 15.1. The Morgan fingerprint density at radius 2 is 1.95 bits per heavy atom. The predicted molar refractivity (Wildman–Crippen MR) is 72.2 cm³/mol. The highest BCUT2D eigenvalue weighted by molar-refractivity contribution is 7.89. The van der Waals surface area contributed by atoms with Crippen LogP contribution in [0.25, 0.3) is 0 Å². The zero-order valence-electron chi connectivity index (χ0n) is 11.6. The van der Waals surface area contributed by atoms with Crippen molar-refractivity contribution in [3.8, 4) is 0 Å². The van der Waals surface area contributed by atoms with Gasteiger partial charge in [-0.15, -0.1) is 0 Å². The summed E-state index contributed by atoms with van der Waals surface area (Å²) in [5.74, 6) is -1.55. The molecule has 0 atom stereocenters. The quantitative estimate of drug-likeness (QED) is 0.889. The van der Waals surface area contributed by atoms with E-state index in [9.17, 15) is 13.2 Å². The van der Waals surface area contributed by atoms with Gasteiger partial charge in [0.2, 0.25) is 15.8 Å². The van der Waals surface area contributed by atoms with Gasteiger partial charge in [0.15, 0.2) is 0 Å². The zero-order valence-corrected chi connectivity index (χ0v) is 12.4. The Bertz CT molecular complexity index is 611. The number of aryl methyl sites for hydroxylation is 1. The third-order valence-electron chi connectivity index (χ3n) is 3.71. The van der Waals surface area contributed by atoms with Crippen LogP contribution in [0.15, 0.2) is 15.4 Å². The minimum absolute atomic E-state index is 0.0920.